The van der Waals surface area contributed by atoms with Gasteiger partial charge in [-0.05, 0) is 30.7 Å². The molecule has 0 fully saturated rings. The lowest BCUT2D eigenvalue weighted by atomic mass is 10.1. The van der Waals surface area contributed by atoms with Crippen molar-refractivity contribution in [2.45, 2.75) is 6.42 Å². The normalized spacial score (nSPS) is 9.94. The van der Waals surface area contributed by atoms with Crippen molar-refractivity contribution < 1.29 is 14.3 Å². The van der Waals surface area contributed by atoms with Crippen LogP contribution in [0.2, 0.25) is 0 Å². The number of ether oxygens (including phenoxy) is 2. The second-order valence-electron chi connectivity index (χ2n) is 3.79. The predicted octanol–water partition coefficient (Wildman–Crippen LogP) is 0.582. The lowest BCUT2D eigenvalue weighted by Crippen LogP contribution is -2.32. The van der Waals surface area contributed by atoms with Gasteiger partial charge >= 0.3 is 0 Å². The molecule has 0 radical (unpaired) electrons. The second-order valence-corrected chi connectivity index (χ2v) is 3.79. The molecule has 0 saturated carbocycles. The summed E-state index contributed by atoms with van der Waals surface area (Å²) in [6.07, 6.45) is 0.831. The van der Waals surface area contributed by atoms with E-state index in [4.69, 9.17) is 9.47 Å². The van der Waals surface area contributed by atoms with Crippen LogP contribution in [0.4, 0.5) is 0 Å². The molecule has 0 heterocycles. The van der Waals surface area contributed by atoms with Gasteiger partial charge in [0.05, 0.1) is 20.8 Å². The SMILES string of the molecule is CNC(=O)CNCCc1ccc(OC)c(OC)c1. The van der Waals surface area contributed by atoms with Crippen LogP contribution in [0.15, 0.2) is 18.2 Å². The van der Waals surface area contributed by atoms with Crippen molar-refractivity contribution in [2.75, 3.05) is 34.4 Å². The fourth-order valence-corrected chi connectivity index (χ4v) is 1.56. The summed E-state index contributed by atoms with van der Waals surface area (Å²) in [4.78, 5) is 11.0. The van der Waals surface area contributed by atoms with Crippen LogP contribution >= 0.6 is 0 Å². The highest BCUT2D eigenvalue weighted by atomic mass is 16.5. The third kappa shape index (κ3) is 4.25. The van der Waals surface area contributed by atoms with Gasteiger partial charge in [-0.15, -0.1) is 0 Å². The highest BCUT2D eigenvalue weighted by Gasteiger charge is 2.04. The van der Waals surface area contributed by atoms with Crippen molar-refractivity contribution in [1.29, 1.82) is 0 Å². The highest BCUT2D eigenvalue weighted by molar-refractivity contribution is 5.77. The molecule has 1 amide bonds. The number of amides is 1. The fraction of sp³-hybridized carbons (Fsp3) is 0.462. The molecule has 0 aromatic heterocycles. The molecule has 0 saturated heterocycles. The average Bonchev–Trinajstić information content (AvgIpc) is 2.42. The molecule has 0 bridgehead atoms. The molecule has 0 aliphatic rings. The zero-order valence-corrected chi connectivity index (χ0v) is 11.1. The Morgan fingerprint density at radius 2 is 1.94 bits per heavy atom. The van der Waals surface area contributed by atoms with Gasteiger partial charge in [-0.1, -0.05) is 6.07 Å². The molecule has 2 N–H and O–H groups in total. The molecule has 1 rings (SSSR count). The predicted molar refractivity (Wildman–Crippen MR) is 70.2 cm³/mol. The molecule has 0 spiro atoms. The number of carbonyl (C=O) groups excluding carboxylic acids is 1. The van der Waals surface area contributed by atoms with Crippen molar-refractivity contribution >= 4 is 5.91 Å². The van der Waals surface area contributed by atoms with Crippen LogP contribution in [0, 0.1) is 0 Å². The Morgan fingerprint density at radius 3 is 2.56 bits per heavy atom. The van der Waals surface area contributed by atoms with E-state index in [-0.39, 0.29) is 5.91 Å². The topological polar surface area (TPSA) is 59.6 Å². The summed E-state index contributed by atoms with van der Waals surface area (Å²) in [5.74, 6) is 1.43. The Bertz CT molecular complexity index is 394. The molecule has 0 atom stereocenters. The van der Waals surface area contributed by atoms with Crippen LogP contribution in [-0.2, 0) is 11.2 Å². The van der Waals surface area contributed by atoms with Gasteiger partial charge in [0.15, 0.2) is 11.5 Å². The molecule has 0 aliphatic carbocycles. The molecule has 18 heavy (non-hydrogen) atoms. The van der Waals surface area contributed by atoms with E-state index in [9.17, 15) is 4.79 Å². The minimum Gasteiger partial charge on any atom is -0.493 e. The van der Waals surface area contributed by atoms with Crippen LogP contribution in [0.1, 0.15) is 5.56 Å². The number of rotatable bonds is 7. The Kier molecular flexibility index (Phi) is 6.00. The maximum atomic E-state index is 11.0. The van der Waals surface area contributed by atoms with E-state index in [0.29, 0.717) is 6.54 Å². The van der Waals surface area contributed by atoms with Gasteiger partial charge in [0, 0.05) is 7.05 Å². The first-order valence-electron chi connectivity index (χ1n) is 5.83. The van der Waals surface area contributed by atoms with Crippen molar-refractivity contribution in [1.82, 2.24) is 10.6 Å². The van der Waals surface area contributed by atoms with Crippen molar-refractivity contribution in [3.05, 3.63) is 23.8 Å². The monoisotopic (exact) mass is 252 g/mol. The Balaban J connectivity index is 2.45. The Labute approximate surface area is 107 Å². The van der Waals surface area contributed by atoms with Gasteiger partial charge in [-0.25, -0.2) is 0 Å². The van der Waals surface area contributed by atoms with Gasteiger partial charge in [-0.2, -0.15) is 0 Å². The fourth-order valence-electron chi connectivity index (χ4n) is 1.56. The molecule has 1 aromatic rings. The number of hydrogen-bond donors (Lipinski definition) is 2. The number of carbonyl (C=O) groups is 1. The zero-order chi connectivity index (χ0) is 13.4. The van der Waals surface area contributed by atoms with E-state index in [0.717, 1.165) is 30.0 Å². The first kappa shape index (κ1) is 14.3. The van der Waals surface area contributed by atoms with Gasteiger partial charge in [0.1, 0.15) is 0 Å². The minimum absolute atomic E-state index is 0.0117. The third-order valence-electron chi connectivity index (χ3n) is 2.60. The largest absolute Gasteiger partial charge is 0.493 e. The van der Waals surface area contributed by atoms with Crippen molar-refractivity contribution in [2.24, 2.45) is 0 Å². The molecule has 0 aliphatic heterocycles. The number of methoxy groups -OCH3 is 2. The lowest BCUT2D eigenvalue weighted by molar-refractivity contribution is -0.119. The summed E-state index contributed by atoms with van der Waals surface area (Å²) in [6, 6.07) is 5.82. The van der Waals surface area contributed by atoms with Crippen molar-refractivity contribution in [3.63, 3.8) is 0 Å². The highest BCUT2D eigenvalue weighted by Crippen LogP contribution is 2.27. The molecule has 5 heteroatoms. The number of hydrogen-bond acceptors (Lipinski definition) is 4. The maximum Gasteiger partial charge on any atom is 0.233 e. The van der Waals surface area contributed by atoms with E-state index in [1.165, 1.54) is 0 Å². The first-order chi connectivity index (χ1) is 8.71. The maximum absolute atomic E-state index is 11.0. The summed E-state index contributed by atoms with van der Waals surface area (Å²) in [7, 11) is 4.85. The summed E-state index contributed by atoms with van der Waals surface area (Å²) < 4.78 is 10.4. The van der Waals surface area contributed by atoms with E-state index >= 15 is 0 Å². The molecule has 5 nitrogen and oxygen atoms in total. The number of likely N-dealkylation sites (N-methyl/N-ethyl adjacent to an activating group) is 1. The van der Waals surface area contributed by atoms with Crippen LogP contribution in [0.3, 0.4) is 0 Å². The van der Waals surface area contributed by atoms with Crippen LogP contribution in [0.25, 0.3) is 0 Å². The molecule has 100 valence electrons. The van der Waals surface area contributed by atoms with Gasteiger partial charge in [-0.3, -0.25) is 4.79 Å². The Hall–Kier alpha value is -1.75. The van der Waals surface area contributed by atoms with Gasteiger partial charge < -0.3 is 20.1 Å². The number of benzene rings is 1. The summed E-state index contributed by atoms with van der Waals surface area (Å²) >= 11 is 0. The van der Waals surface area contributed by atoms with E-state index in [2.05, 4.69) is 10.6 Å². The van der Waals surface area contributed by atoms with E-state index in [1.807, 2.05) is 18.2 Å². The molecular weight excluding hydrogens is 232 g/mol. The van der Waals surface area contributed by atoms with Gasteiger partial charge in [0.25, 0.3) is 0 Å². The number of nitrogens with one attached hydrogen (secondary N) is 2. The lowest BCUT2D eigenvalue weighted by Gasteiger charge is -2.09. The van der Waals surface area contributed by atoms with Crippen LogP contribution < -0.4 is 20.1 Å². The van der Waals surface area contributed by atoms with E-state index in [1.54, 1.807) is 21.3 Å². The average molecular weight is 252 g/mol. The minimum atomic E-state index is -0.0117. The quantitative estimate of drug-likeness (QED) is 0.697. The molecular formula is C13H20N2O3. The smallest absolute Gasteiger partial charge is 0.233 e. The summed E-state index contributed by atoms with van der Waals surface area (Å²) in [5, 5.41) is 5.63. The van der Waals surface area contributed by atoms with Crippen LogP contribution in [0.5, 0.6) is 11.5 Å². The summed E-state index contributed by atoms with van der Waals surface area (Å²) in [5.41, 5.74) is 1.14. The van der Waals surface area contributed by atoms with Gasteiger partial charge in [0.2, 0.25) is 5.91 Å². The van der Waals surface area contributed by atoms with Crippen molar-refractivity contribution in [3.8, 4) is 11.5 Å². The molecule has 1 aromatic carbocycles. The molecule has 0 unspecified atom stereocenters. The first-order valence-corrected chi connectivity index (χ1v) is 5.83. The third-order valence-corrected chi connectivity index (χ3v) is 2.60. The summed E-state index contributed by atoms with van der Waals surface area (Å²) in [6.45, 7) is 1.08. The van der Waals surface area contributed by atoms with Crippen LogP contribution in [-0.4, -0.2) is 40.3 Å². The van der Waals surface area contributed by atoms with E-state index < -0.39 is 0 Å². The standard InChI is InChI=1S/C13H20N2O3/c1-14-13(16)9-15-7-6-10-4-5-11(17-2)12(8-10)18-3/h4-5,8,15H,6-7,9H2,1-3H3,(H,14,16). The second kappa shape index (κ2) is 7.55. The Morgan fingerprint density at radius 1 is 1.22 bits per heavy atom. The zero-order valence-electron chi connectivity index (χ0n) is 11.1.